The highest BCUT2D eigenvalue weighted by molar-refractivity contribution is 6.03. The van der Waals surface area contributed by atoms with E-state index in [1.54, 1.807) is 0 Å². The van der Waals surface area contributed by atoms with E-state index in [0.717, 1.165) is 25.0 Å². The van der Waals surface area contributed by atoms with Crippen LogP contribution in [0, 0.1) is 18.6 Å². The molecule has 4 rings (SSSR count). The van der Waals surface area contributed by atoms with Crippen molar-refractivity contribution >= 4 is 23.4 Å². The van der Waals surface area contributed by atoms with Crippen molar-refractivity contribution < 1.29 is 18.3 Å². The molecule has 1 saturated carbocycles. The van der Waals surface area contributed by atoms with Crippen LogP contribution >= 0.6 is 0 Å². The van der Waals surface area contributed by atoms with Gasteiger partial charge in [0.25, 0.3) is 0 Å². The van der Waals surface area contributed by atoms with Gasteiger partial charge < -0.3 is 20.3 Å². The third-order valence-electron chi connectivity index (χ3n) is 5.51. The molecule has 29 heavy (non-hydrogen) atoms. The van der Waals surface area contributed by atoms with Crippen LogP contribution in [0.15, 0.2) is 18.2 Å². The van der Waals surface area contributed by atoms with Crippen LogP contribution in [0.1, 0.15) is 31.0 Å². The van der Waals surface area contributed by atoms with Crippen LogP contribution in [0.25, 0.3) is 0 Å². The van der Waals surface area contributed by atoms with Gasteiger partial charge in [-0.2, -0.15) is 4.98 Å². The number of nitrogens with zero attached hydrogens (tertiary/aromatic N) is 3. The van der Waals surface area contributed by atoms with Crippen LogP contribution < -0.4 is 15.5 Å². The van der Waals surface area contributed by atoms with Crippen molar-refractivity contribution in [2.75, 3.05) is 22.6 Å². The SMILES string of the molecule is Cc1nc(N[C@H]2C[C@H](OCc3ccc(F)c(F)c3)C2)nc2c1NC(=O)[C@H](C)N2C. The first-order chi connectivity index (χ1) is 13.8. The van der Waals surface area contributed by atoms with Crippen LogP contribution in [0.4, 0.5) is 26.2 Å². The average Bonchev–Trinajstić information content (AvgIpc) is 2.65. The molecule has 1 fully saturated rings. The summed E-state index contributed by atoms with van der Waals surface area (Å²) >= 11 is 0. The average molecular weight is 403 g/mol. The number of ether oxygens (including phenoxy) is 1. The third kappa shape index (κ3) is 3.87. The fourth-order valence-electron chi connectivity index (χ4n) is 3.46. The molecule has 1 atom stereocenters. The number of aromatic nitrogens is 2. The standard InChI is InChI=1S/C20H23F2N5O2/c1-10-17-18(27(3)11(2)19(28)25-17)26-20(23-10)24-13-7-14(8-13)29-9-12-4-5-15(21)16(22)6-12/h4-6,11,13-14H,7-9H2,1-3H3,(H,25,28)(H,23,24,26)/t11-,13-,14-/m0/s1. The van der Waals surface area contributed by atoms with Crippen molar-refractivity contribution in [3.8, 4) is 0 Å². The molecule has 2 N–H and O–H groups in total. The number of nitrogens with one attached hydrogen (secondary N) is 2. The highest BCUT2D eigenvalue weighted by Crippen LogP contribution is 2.33. The van der Waals surface area contributed by atoms with Gasteiger partial charge in [0.15, 0.2) is 17.5 Å². The van der Waals surface area contributed by atoms with Gasteiger partial charge in [-0.05, 0) is 44.4 Å². The smallest absolute Gasteiger partial charge is 0.246 e. The molecular weight excluding hydrogens is 380 g/mol. The number of likely N-dealkylation sites (N-methyl/N-ethyl adjacent to an activating group) is 1. The number of hydrogen-bond donors (Lipinski definition) is 2. The van der Waals surface area contributed by atoms with E-state index in [4.69, 9.17) is 4.74 Å². The Morgan fingerprint density at radius 1 is 1.28 bits per heavy atom. The molecule has 1 aromatic carbocycles. The Morgan fingerprint density at radius 2 is 2.03 bits per heavy atom. The number of carbonyl (C=O) groups excluding carboxylic acids is 1. The van der Waals surface area contributed by atoms with Gasteiger partial charge in [0.05, 0.1) is 18.4 Å². The predicted molar refractivity (Wildman–Crippen MR) is 105 cm³/mol. The summed E-state index contributed by atoms with van der Waals surface area (Å²) in [6, 6.07) is 3.65. The normalized spacial score (nSPS) is 23.3. The molecule has 7 nitrogen and oxygen atoms in total. The Hall–Kier alpha value is -2.81. The van der Waals surface area contributed by atoms with E-state index < -0.39 is 11.6 Å². The molecule has 0 unspecified atom stereocenters. The zero-order valence-corrected chi connectivity index (χ0v) is 16.5. The zero-order valence-electron chi connectivity index (χ0n) is 16.5. The minimum absolute atomic E-state index is 0.0429. The minimum atomic E-state index is -0.866. The molecule has 0 spiro atoms. The summed E-state index contributed by atoms with van der Waals surface area (Å²) in [5, 5.41) is 6.17. The zero-order chi connectivity index (χ0) is 20.7. The van der Waals surface area contributed by atoms with Gasteiger partial charge in [0.2, 0.25) is 11.9 Å². The first-order valence-corrected chi connectivity index (χ1v) is 9.56. The molecule has 0 saturated heterocycles. The Morgan fingerprint density at radius 3 is 2.76 bits per heavy atom. The van der Waals surface area contributed by atoms with Crippen molar-refractivity contribution in [3.63, 3.8) is 0 Å². The highest BCUT2D eigenvalue weighted by atomic mass is 19.2. The fourth-order valence-corrected chi connectivity index (χ4v) is 3.46. The lowest BCUT2D eigenvalue weighted by Crippen LogP contribution is -2.45. The Labute approximate surface area is 167 Å². The molecule has 2 heterocycles. The number of benzene rings is 1. The first-order valence-electron chi connectivity index (χ1n) is 9.56. The van der Waals surface area contributed by atoms with Gasteiger partial charge in [0.1, 0.15) is 11.7 Å². The number of rotatable bonds is 5. The van der Waals surface area contributed by atoms with Gasteiger partial charge in [-0.1, -0.05) is 6.07 Å². The van der Waals surface area contributed by atoms with E-state index in [-0.39, 0.29) is 30.7 Å². The molecule has 0 radical (unpaired) electrons. The first kappa shape index (κ1) is 19.5. The summed E-state index contributed by atoms with van der Waals surface area (Å²) in [6.07, 6.45) is 1.58. The summed E-state index contributed by atoms with van der Waals surface area (Å²) in [5.41, 5.74) is 1.95. The van der Waals surface area contributed by atoms with Crippen molar-refractivity contribution in [2.24, 2.45) is 0 Å². The monoisotopic (exact) mass is 403 g/mol. The molecule has 1 amide bonds. The van der Waals surface area contributed by atoms with Gasteiger partial charge >= 0.3 is 0 Å². The highest BCUT2D eigenvalue weighted by Gasteiger charge is 2.33. The number of halogens is 2. The van der Waals surface area contributed by atoms with E-state index >= 15 is 0 Å². The second-order valence-corrected chi connectivity index (χ2v) is 7.60. The van der Waals surface area contributed by atoms with Gasteiger partial charge in [-0.25, -0.2) is 13.8 Å². The van der Waals surface area contributed by atoms with Gasteiger partial charge in [-0.15, -0.1) is 0 Å². The molecule has 0 bridgehead atoms. The fraction of sp³-hybridized carbons (Fsp3) is 0.450. The van der Waals surface area contributed by atoms with Crippen molar-refractivity contribution in [1.29, 1.82) is 0 Å². The maximum absolute atomic E-state index is 13.2. The van der Waals surface area contributed by atoms with Crippen LogP contribution in [0.2, 0.25) is 0 Å². The van der Waals surface area contributed by atoms with Crippen LogP contribution in [-0.2, 0) is 16.1 Å². The van der Waals surface area contributed by atoms with Crippen molar-refractivity contribution in [2.45, 2.75) is 51.5 Å². The number of amides is 1. The lowest BCUT2D eigenvalue weighted by molar-refractivity contribution is -0.117. The lowest BCUT2D eigenvalue weighted by Gasteiger charge is -2.36. The van der Waals surface area contributed by atoms with Crippen LogP contribution in [-0.4, -0.2) is 41.1 Å². The summed E-state index contributed by atoms with van der Waals surface area (Å²) in [4.78, 5) is 22.9. The summed E-state index contributed by atoms with van der Waals surface area (Å²) in [7, 11) is 1.84. The minimum Gasteiger partial charge on any atom is -0.373 e. The quantitative estimate of drug-likeness (QED) is 0.799. The molecule has 9 heteroatoms. The predicted octanol–water partition coefficient (Wildman–Crippen LogP) is 3.00. The van der Waals surface area contributed by atoms with Crippen LogP contribution in [0.3, 0.4) is 0 Å². The number of aryl methyl sites for hydroxylation is 1. The van der Waals surface area contributed by atoms with Gasteiger partial charge in [-0.3, -0.25) is 4.79 Å². The maximum atomic E-state index is 13.2. The largest absolute Gasteiger partial charge is 0.373 e. The summed E-state index contributed by atoms with van der Waals surface area (Å²) in [5.74, 6) is -0.596. The molecular formula is C20H23F2N5O2. The van der Waals surface area contributed by atoms with E-state index in [9.17, 15) is 13.6 Å². The number of anilines is 3. The molecule has 1 aliphatic carbocycles. The topological polar surface area (TPSA) is 79.4 Å². The third-order valence-corrected chi connectivity index (χ3v) is 5.51. The van der Waals surface area contributed by atoms with E-state index in [1.165, 1.54) is 6.07 Å². The Kier molecular flexibility index (Phi) is 5.08. The lowest BCUT2D eigenvalue weighted by atomic mass is 9.89. The number of fused-ring (bicyclic) bond motifs is 1. The molecule has 1 aliphatic heterocycles. The van der Waals surface area contributed by atoms with Gasteiger partial charge in [0, 0.05) is 13.1 Å². The number of hydrogen-bond acceptors (Lipinski definition) is 6. The second-order valence-electron chi connectivity index (χ2n) is 7.60. The molecule has 2 aliphatic rings. The maximum Gasteiger partial charge on any atom is 0.246 e. The Bertz CT molecular complexity index is 949. The second kappa shape index (κ2) is 7.55. The van der Waals surface area contributed by atoms with Crippen molar-refractivity contribution in [3.05, 3.63) is 41.1 Å². The molecule has 1 aromatic heterocycles. The Balaban J connectivity index is 1.33. The molecule has 2 aromatic rings. The van der Waals surface area contributed by atoms with Crippen LogP contribution in [0.5, 0.6) is 0 Å². The summed E-state index contributed by atoms with van der Waals surface area (Å²) in [6.45, 7) is 3.90. The number of carbonyl (C=O) groups is 1. The van der Waals surface area contributed by atoms with E-state index in [2.05, 4.69) is 20.6 Å². The van der Waals surface area contributed by atoms with Crippen molar-refractivity contribution in [1.82, 2.24) is 9.97 Å². The van der Waals surface area contributed by atoms with E-state index in [0.29, 0.717) is 28.7 Å². The summed E-state index contributed by atoms with van der Waals surface area (Å²) < 4.78 is 32.0. The van der Waals surface area contributed by atoms with E-state index in [1.807, 2.05) is 25.8 Å². The molecule has 154 valence electrons.